The van der Waals surface area contributed by atoms with Crippen molar-refractivity contribution in [3.63, 3.8) is 0 Å². The van der Waals surface area contributed by atoms with Gasteiger partial charge in [0.1, 0.15) is 18.2 Å². The Morgan fingerprint density at radius 1 is 1.36 bits per heavy atom. The maximum atomic E-state index is 13.1. The number of ether oxygens (including phenoxy) is 2. The molecule has 150 valence electrons. The third-order valence-corrected chi connectivity index (χ3v) is 4.55. The van der Waals surface area contributed by atoms with Gasteiger partial charge in [0.25, 0.3) is 0 Å². The summed E-state index contributed by atoms with van der Waals surface area (Å²) in [5.41, 5.74) is -1.00. The van der Waals surface area contributed by atoms with Gasteiger partial charge in [0, 0.05) is 17.1 Å². The first-order valence-corrected chi connectivity index (χ1v) is 8.66. The van der Waals surface area contributed by atoms with Crippen LogP contribution in [0.15, 0.2) is 36.5 Å². The summed E-state index contributed by atoms with van der Waals surface area (Å²) in [4.78, 5) is 17.0. The molecule has 28 heavy (non-hydrogen) atoms. The van der Waals surface area contributed by atoms with Crippen LogP contribution in [0.1, 0.15) is 11.1 Å². The highest BCUT2D eigenvalue weighted by atomic mass is 35.5. The average Bonchev–Trinajstić information content (AvgIpc) is 2.66. The number of halogens is 4. The van der Waals surface area contributed by atoms with Crippen LogP contribution in [0.25, 0.3) is 0 Å². The monoisotopic (exact) mass is 416 g/mol. The van der Waals surface area contributed by atoms with E-state index in [1.807, 2.05) is 0 Å². The number of hydrogen-bond donors (Lipinski definition) is 1. The predicted molar refractivity (Wildman–Crippen MR) is 94.6 cm³/mol. The Bertz CT molecular complexity index is 846. The fraction of sp³-hybridized carbons (Fsp3) is 0.333. The van der Waals surface area contributed by atoms with Crippen molar-refractivity contribution in [3.05, 3.63) is 52.7 Å². The Morgan fingerprint density at radius 2 is 2.14 bits per heavy atom. The lowest BCUT2D eigenvalue weighted by Crippen LogP contribution is -2.46. The summed E-state index contributed by atoms with van der Waals surface area (Å²) in [7, 11) is 0. The molecule has 1 saturated heterocycles. The van der Waals surface area contributed by atoms with Gasteiger partial charge in [-0.15, -0.1) is 0 Å². The molecule has 1 aliphatic rings. The van der Waals surface area contributed by atoms with E-state index in [0.717, 1.165) is 6.07 Å². The van der Waals surface area contributed by atoms with E-state index in [1.54, 1.807) is 17.0 Å². The molecule has 1 unspecified atom stereocenters. The highest BCUT2D eigenvalue weighted by molar-refractivity contribution is 6.31. The van der Waals surface area contributed by atoms with Gasteiger partial charge in [-0.2, -0.15) is 13.2 Å². The predicted octanol–water partition coefficient (Wildman–Crippen LogP) is 3.62. The van der Waals surface area contributed by atoms with Crippen molar-refractivity contribution in [3.8, 4) is 5.75 Å². The number of nitrogens with zero attached hydrogens (tertiary/aromatic N) is 2. The van der Waals surface area contributed by atoms with Gasteiger partial charge in [-0.3, -0.25) is 0 Å². The smallest absolute Gasteiger partial charge is 0.416 e. The summed E-state index contributed by atoms with van der Waals surface area (Å²) in [5, 5.41) is 9.01. The van der Waals surface area contributed by atoms with E-state index in [2.05, 4.69) is 4.98 Å². The zero-order valence-corrected chi connectivity index (χ0v) is 15.2. The molecule has 0 saturated carbocycles. The molecule has 1 atom stereocenters. The molecular weight excluding hydrogens is 401 g/mol. The van der Waals surface area contributed by atoms with E-state index in [9.17, 15) is 18.0 Å². The number of alkyl halides is 3. The number of hydrogen-bond acceptors (Lipinski definition) is 5. The Morgan fingerprint density at radius 3 is 2.79 bits per heavy atom. The van der Waals surface area contributed by atoms with Crippen LogP contribution in [0, 0.1) is 0 Å². The minimum Gasteiger partial charge on any atom is -0.487 e. The molecule has 6 nitrogen and oxygen atoms in total. The third kappa shape index (κ3) is 4.66. The number of carboxylic acids is 1. The quantitative estimate of drug-likeness (QED) is 0.802. The van der Waals surface area contributed by atoms with E-state index in [4.69, 9.17) is 26.2 Å². The lowest BCUT2D eigenvalue weighted by atomic mass is 10.1. The van der Waals surface area contributed by atoms with Gasteiger partial charge in [0.15, 0.2) is 6.10 Å². The second-order valence-electron chi connectivity index (χ2n) is 6.05. The Labute approximate surface area is 163 Å². The number of aromatic nitrogens is 1. The summed E-state index contributed by atoms with van der Waals surface area (Å²) in [6.45, 7) is 0.514. The number of morpholine rings is 1. The molecule has 0 bridgehead atoms. The van der Waals surface area contributed by atoms with Crippen molar-refractivity contribution >= 4 is 23.4 Å². The van der Waals surface area contributed by atoms with E-state index in [-0.39, 0.29) is 36.1 Å². The van der Waals surface area contributed by atoms with Gasteiger partial charge in [0.2, 0.25) is 0 Å². The topological polar surface area (TPSA) is 71.9 Å². The number of pyridine rings is 1. The van der Waals surface area contributed by atoms with Crippen LogP contribution in [0.5, 0.6) is 5.75 Å². The first-order chi connectivity index (χ1) is 13.3. The molecule has 0 amide bonds. The largest absolute Gasteiger partial charge is 0.487 e. The summed E-state index contributed by atoms with van der Waals surface area (Å²) in [5.74, 6) is -0.264. The number of anilines is 1. The summed E-state index contributed by atoms with van der Waals surface area (Å²) < 4.78 is 49.9. The molecule has 1 aromatic heterocycles. The molecule has 1 N–H and O–H groups in total. The molecule has 10 heteroatoms. The number of carbonyl (C=O) groups is 1. The van der Waals surface area contributed by atoms with Crippen LogP contribution in [-0.4, -0.2) is 41.9 Å². The second kappa shape index (κ2) is 8.24. The van der Waals surface area contributed by atoms with Crippen molar-refractivity contribution in [1.29, 1.82) is 0 Å². The molecule has 0 spiro atoms. The van der Waals surface area contributed by atoms with E-state index in [1.165, 1.54) is 18.3 Å². The van der Waals surface area contributed by atoms with Gasteiger partial charge < -0.3 is 19.5 Å². The Hall–Kier alpha value is -2.52. The highest BCUT2D eigenvalue weighted by Gasteiger charge is 2.34. The van der Waals surface area contributed by atoms with Crippen molar-refractivity contribution in [2.24, 2.45) is 0 Å². The van der Waals surface area contributed by atoms with Crippen LogP contribution in [-0.2, 0) is 22.3 Å². The minimum atomic E-state index is -4.54. The lowest BCUT2D eigenvalue weighted by Gasteiger charge is -2.31. The maximum absolute atomic E-state index is 13.1. The Balaban J connectivity index is 1.68. The molecule has 3 rings (SSSR count). The third-order valence-electron chi connectivity index (χ3n) is 4.19. The minimum absolute atomic E-state index is 0.0348. The van der Waals surface area contributed by atoms with Crippen molar-refractivity contribution in [2.75, 3.05) is 24.6 Å². The zero-order valence-electron chi connectivity index (χ0n) is 14.4. The van der Waals surface area contributed by atoms with E-state index < -0.39 is 23.8 Å². The van der Waals surface area contributed by atoms with Crippen molar-refractivity contribution in [1.82, 2.24) is 4.98 Å². The molecule has 0 radical (unpaired) electrons. The molecule has 0 aliphatic carbocycles. The number of carboxylic acid groups (broad SMARTS) is 1. The van der Waals surface area contributed by atoms with E-state index >= 15 is 0 Å². The fourth-order valence-electron chi connectivity index (χ4n) is 2.78. The number of aliphatic carboxylic acids is 1. The summed E-state index contributed by atoms with van der Waals surface area (Å²) >= 11 is 5.91. The normalized spacial score (nSPS) is 17.4. The lowest BCUT2D eigenvalue weighted by molar-refractivity contribution is -0.150. The van der Waals surface area contributed by atoms with Crippen LogP contribution in [0.3, 0.4) is 0 Å². The van der Waals surface area contributed by atoms with Gasteiger partial charge in [-0.25, -0.2) is 9.78 Å². The van der Waals surface area contributed by atoms with Gasteiger partial charge in [0.05, 0.1) is 24.9 Å². The molecule has 2 heterocycles. The molecule has 1 aliphatic heterocycles. The molecule has 1 fully saturated rings. The molecule has 2 aromatic rings. The zero-order chi connectivity index (χ0) is 20.3. The van der Waals surface area contributed by atoms with Gasteiger partial charge in [-0.1, -0.05) is 17.7 Å². The number of rotatable bonds is 5. The Kier molecular flexibility index (Phi) is 5.95. The van der Waals surface area contributed by atoms with Crippen molar-refractivity contribution < 1.29 is 32.5 Å². The number of benzene rings is 1. The van der Waals surface area contributed by atoms with Crippen LogP contribution in [0.2, 0.25) is 5.02 Å². The second-order valence-corrected chi connectivity index (χ2v) is 6.46. The van der Waals surface area contributed by atoms with Crippen LogP contribution >= 0.6 is 11.6 Å². The standard InChI is InChI=1S/C18H16ClF3N2O4/c19-14-3-1-2-13(18(20,21)22)12(14)10-28-11-4-5-16(23-8-11)24-6-7-27-15(9-24)17(25)26/h1-5,8,15H,6-7,9-10H2,(H,25,26). The first kappa shape index (κ1) is 20.2. The highest BCUT2D eigenvalue weighted by Crippen LogP contribution is 2.35. The van der Waals surface area contributed by atoms with Gasteiger partial charge in [-0.05, 0) is 24.3 Å². The molecular formula is C18H16ClF3N2O4. The fourth-order valence-corrected chi connectivity index (χ4v) is 3.01. The van der Waals surface area contributed by atoms with Gasteiger partial charge >= 0.3 is 12.1 Å². The van der Waals surface area contributed by atoms with Crippen molar-refractivity contribution in [2.45, 2.75) is 18.9 Å². The SMILES string of the molecule is O=C(O)C1CN(c2ccc(OCc3c(Cl)cccc3C(F)(F)F)cn2)CCO1. The maximum Gasteiger partial charge on any atom is 0.416 e. The summed E-state index contributed by atoms with van der Waals surface area (Å²) in [6, 6.07) is 6.71. The van der Waals surface area contributed by atoms with Crippen LogP contribution in [0.4, 0.5) is 19.0 Å². The van der Waals surface area contributed by atoms with E-state index in [0.29, 0.717) is 12.4 Å². The first-order valence-electron chi connectivity index (χ1n) is 8.28. The summed E-state index contributed by atoms with van der Waals surface area (Å²) in [6.07, 6.45) is -4.11. The van der Waals surface area contributed by atoms with Crippen LogP contribution < -0.4 is 9.64 Å². The molecule has 1 aromatic carbocycles. The average molecular weight is 417 g/mol.